The number of halogens is 1. The number of ether oxygens (including phenoxy) is 1. The first-order chi connectivity index (χ1) is 13.1. The van der Waals surface area contributed by atoms with E-state index in [4.69, 9.17) is 16.3 Å². The molecule has 27 heavy (non-hydrogen) atoms. The fourth-order valence-corrected chi connectivity index (χ4v) is 2.99. The van der Waals surface area contributed by atoms with E-state index >= 15 is 0 Å². The number of amides is 1. The van der Waals surface area contributed by atoms with Gasteiger partial charge in [-0.3, -0.25) is 4.79 Å². The lowest BCUT2D eigenvalue weighted by Gasteiger charge is -2.08. The Morgan fingerprint density at radius 1 is 1.22 bits per heavy atom. The number of phenols is 1. The zero-order valence-electron chi connectivity index (χ0n) is 14.8. The summed E-state index contributed by atoms with van der Waals surface area (Å²) in [6.07, 6.45) is 1.67. The molecule has 3 aromatic rings. The smallest absolute Gasteiger partial charge is 0.244 e. The number of fused-ring (bicyclic) bond motifs is 1. The molecule has 1 amide bonds. The summed E-state index contributed by atoms with van der Waals surface area (Å²) >= 11 is 5.98. The van der Waals surface area contributed by atoms with Crippen molar-refractivity contribution in [1.29, 1.82) is 0 Å². The van der Waals surface area contributed by atoms with Crippen LogP contribution in [0.4, 0.5) is 0 Å². The molecule has 0 saturated carbocycles. The van der Waals surface area contributed by atoms with Crippen molar-refractivity contribution in [2.45, 2.75) is 13.3 Å². The van der Waals surface area contributed by atoms with Gasteiger partial charge in [0.25, 0.3) is 0 Å². The van der Waals surface area contributed by atoms with Crippen molar-refractivity contribution in [2.24, 2.45) is 5.10 Å². The average molecular weight is 383 g/mol. The Labute approximate surface area is 162 Å². The molecular weight excluding hydrogens is 364 g/mol. The minimum atomic E-state index is -0.225. The molecule has 0 saturated heterocycles. The minimum absolute atomic E-state index is 0.115. The second-order valence-corrected chi connectivity index (χ2v) is 6.30. The second kappa shape index (κ2) is 8.56. The number of nitrogens with one attached hydrogen (secondary N) is 1. The molecule has 0 radical (unpaired) electrons. The molecule has 2 N–H and O–H groups in total. The molecule has 0 aliphatic carbocycles. The maximum atomic E-state index is 12.2. The van der Waals surface area contributed by atoms with E-state index in [1.165, 1.54) is 6.21 Å². The molecule has 0 unspecified atom stereocenters. The topological polar surface area (TPSA) is 70.9 Å². The average Bonchev–Trinajstić information content (AvgIpc) is 2.66. The van der Waals surface area contributed by atoms with Gasteiger partial charge in [-0.1, -0.05) is 54.1 Å². The van der Waals surface area contributed by atoms with Crippen LogP contribution in [0.1, 0.15) is 18.1 Å². The van der Waals surface area contributed by atoms with Crippen molar-refractivity contribution in [1.82, 2.24) is 5.43 Å². The van der Waals surface area contributed by atoms with Crippen LogP contribution in [0.15, 0.2) is 59.7 Å². The number of benzene rings is 3. The molecule has 0 aromatic heterocycles. The molecule has 0 aliphatic rings. The number of hydrogen-bond donors (Lipinski definition) is 2. The van der Waals surface area contributed by atoms with E-state index in [-0.39, 0.29) is 28.8 Å². The van der Waals surface area contributed by atoms with Crippen molar-refractivity contribution in [2.75, 3.05) is 6.61 Å². The molecule has 5 nitrogen and oxygen atoms in total. The summed E-state index contributed by atoms with van der Waals surface area (Å²) in [4.78, 5) is 12.2. The largest absolute Gasteiger partial charge is 0.503 e. The van der Waals surface area contributed by atoms with E-state index in [2.05, 4.69) is 10.5 Å². The van der Waals surface area contributed by atoms with Gasteiger partial charge < -0.3 is 9.84 Å². The fourth-order valence-electron chi connectivity index (χ4n) is 2.77. The van der Waals surface area contributed by atoms with Crippen molar-refractivity contribution < 1.29 is 14.6 Å². The Morgan fingerprint density at radius 2 is 2.00 bits per heavy atom. The number of nitrogens with zero attached hydrogens (tertiary/aromatic N) is 1. The Balaban J connectivity index is 1.68. The van der Waals surface area contributed by atoms with Crippen LogP contribution < -0.4 is 10.2 Å². The zero-order valence-corrected chi connectivity index (χ0v) is 15.5. The highest BCUT2D eigenvalue weighted by molar-refractivity contribution is 6.32. The van der Waals surface area contributed by atoms with Crippen LogP contribution in [0.5, 0.6) is 11.5 Å². The lowest BCUT2D eigenvalue weighted by atomic mass is 10.0. The number of hydrogen-bond acceptors (Lipinski definition) is 4. The molecule has 3 rings (SSSR count). The molecule has 0 atom stereocenters. The standard InChI is InChI=1S/C21H19ClN2O3/c1-2-27-19-11-14(10-18(22)21(19)26)13-23-24-20(25)12-16-8-5-7-15-6-3-4-9-17(15)16/h3-11,13,26H,2,12H2,1H3,(H,24,25)/b23-13-. The summed E-state index contributed by atoms with van der Waals surface area (Å²) in [5.74, 6) is -0.0679. The Morgan fingerprint density at radius 3 is 2.81 bits per heavy atom. The first-order valence-electron chi connectivity index (χ1n) is 8.52. The summed E-state index contributed by atoms with van der Waals surface area (Å²) in [5, 5.41) is 16.1. The first-order valence-corrected chi connectivity index (χ1v) is 8.90. The number of phenolic OH excluding ortho intramolecular Hbond substituents is 1. The molecule has 0 heterocycles. The van der Waals surface area contributed by atoms with Crippen LogP contribution in [0.2, 0.25) is 5.02 Å². The number of aromatic hydroxyl groups is 1. The third-order valence-corrected chi connectivity index (χ3v) is 4.27. The third-order valence-electron chi connectivity index (χ3n) is 3.98. The number of carbonyl (C=O) groups excluding carboxylic acids is 1. The van der Waals surface area contributed by atoms with Crippen molar-refractivity contribution in [3.8, 4) is 11.5 Å². The fraction of sp³-hybridized carbons (Fsp3) is 0.143. The summed E-state index contributed by atoms with van der Waals surface area (Å²) < 4.78 is 5.32. The van der Waals surface area contributed by atoms with Crippen LogP contribution in [-0.2, 0) is 11.2 Å². The lowest BCUT2D eigenvalue weighted by molar-refractivity contribution is -0.120. The van der Waals surface area contributed by atoms with Crippen LogP contribution in [0.3, 0.4) is 0 Å². The summed E-state index contributed by atoms with van der Waals surface area (Å²) in [5.41, 5.74) is 4.05. The SMILES string of the molecule is CCOc1cc(/C=N\NC(=O)Cc2cccc3ccccc23)cc(Cl)c1O. The van der Waals surface area contributed by atoms with E-state index in [0.29, 0.717) is 12.2 Å². The van der Waals surface area contributed by atoms with Gasteiger partial charge >= 0.3 is 0 Å². The molecule has 3 aromatic carbocycles. The van der Waals surface area contributed by atoms with E-state index in [0.717, 1.165) is 16.3 Å². The normalized spacial score (nSPS) is 11.0. The second-order valence-electron chi connectivity index (χ2n) is 5.89. The minimum Gasteiger partial charge on any atom is -0.503 e. The highest BCUT2D eigenvalue weighted by Crippen LogP contribution is 2.34. The zero-order chi connectivity index (χ0) is 19.2. The van der Waals surface area contributed by atoms with Gasteiger partial charge in [0.1, 0.15) is 0 Å². The van der Waals surface area contributed by atoms with E-state index in [9.17, 15) is 9.90 Å². The molecule has 138 valence electrons. The first kappa shape index (κ1) is 18.7. The maximum Gasteiger partial charge on any atom is 0.244 e. The van der Waals surface area contributed by atoms with Gasteiger partial charge in [0, 0.05) is 0 Å². The molecule has 0 fully saturated rings. The number of rotatable bonds is 6. The summed E-state index contributed by atoms with van der Waals surface area (Å²) in [7, 11) is 0. The van der Waals surface area contributed by atoms with Crippen LogP contribution in [0.25, 0.3) is 10.8 Å². The maximum absolute atomic E-state index is 12.2. The number of hydrazone groups is 1. The highest BCUT2D eigenvalue weighted by Gasteiger charge is 2.09. The molecule has 0 bridgehead atoms. The molecule has 0 aliphatic heterocycles. The Bertz CT molecular complexity index is 997. The lowest BCUT2D eigenvalue weighted by Crippen LogP contribution is -2.19. The Hall–Kier alpha value is -3.05. The van der Waals surface area contributed by atoms with E-state index in [1.54, 1.807) is 12.1 Å². The van der Waals surface area contributed by atoms with Gasteiger partial charge in [0.05, 0.1) is 24.3 Å². The van der Waals surface area contributed by atoms with Crippen LogP contribution >= 0.6 is 11.6 Å². The summed E-state index contributed by atoms with van der Waals surface area (Å²) in [6.45, 7) is 2.20. The van der Waals surface area contributed by atoms with Gasteiger partial charge in [-0.25, -0.2) is 5.43 Å². The van der Waals surface area contributed by atoms with Crippen LogP contribution in [0, 0.1) is 0 Å². The molecule has 6 heteroatoms. The van der Waals surface area contributed by atoms with Crippen molar-refractivity contribution in [3.63, 3.8) is 0 Å². The van der Waals surface area contributed by atoms with E-state index in [1.807, 2.05) is 49.4 Å². The van der Waals surface area contributed by atoms with Gasteiger partial charge in [-0.05, 0) is 41.0 Å². The van der Waals surface area contributed by atoms with E-state index < -0.39 is 0 Å². The van der Waals surface area contributed by atoms with Gasteiger partial charge in [0.15, 0.2) is 11.5 Å². The quantitative estimate of drug-likeness (QED) is 0.493. The molecule has 0 spiro atoms. The van der Waals surface area contributed by atoms with Crippen LogP contribution in [-0.4, -0.2) is 23.8 Å². The summed E-state index contributed by atoms with van der Waals surface area (Å²) in [6, 6.07) is 16.9. The Kier molecular flexibility index (Phi) is 5.94. The highest BCUT2D eigenvalue weighted by atomic mass is 35.5. The van der Waals surface area contributed by atoms with Gasteiger partial charge in [-0.15, -0.1) is 0 Å². The predicted octanol–water partition coefficient (Wildman–Crippen LogP) is 4.29. The van der Waals surface area contributed by atoms with Crippen molar-refractivity contribution in [3.05, 3.63) is 70.7 Å². The predicted molar refractivity (Wildman–Crippen MR) is 108 cm³/mol. The number of carbonyl (C=O) groups is 1. The van der Waals surface area contributed by atoms with Crippen molar-refractivity contribution >= 4 is 34.5 Å². The monoisotopic (exact) mass is 382 g/mol. The third kappa shape index (κ3) is 4.57. The van der Waals surface area contributed by atoms with Gasteiger partial charge in [-0.2, -0.15) is 5.10 Å². The van der Waals surface area contributed by atoms with Gasteiger partial charge in [0.2, 0.25) is 5.91 Å². The molecular formula is C21H19ClN2O3.